The normalized spacial score (nSPS) is 12.2. The first kappa shape index (κ1) is 17.9. The lowest BCUT2D eigenvalue weighted by Gasteiger charge is -2.12. The Bertz CT molecular complexity index is 798. The first-order valence-electron chi connectivity index (χ1n) is 7.19. The van der Waals surface area contributed by atoms with E-state index in [1.165, 1.54) is 12.3 Å². The van der Waals surface area contributed by atoms with Crippen LogP contribution in [-0.4, -0.2) is 5.91 Å². The molecule has 1 atom stereocenters. The van der Waals surface area contributed by atoms with Crippen LogP contribution in [0.3, 0.4) is 0 Å². The molecule has 4 nitrogen and oxygen atoms in total. The van der Waals surface area contributed by atoms with Gasteiger partial charge >= 0.3 is 0 Å². The molecule has 1 amide bonds. The summed E-state index contributed by atoms with van der Waals surface area (Å²) in [7, 11) is 0. The minimum atomic E-state index is -0.524. The van der Waals surface area contributed by atoms with Gasteiger partial charge in [-0.3, -0.25) is 4.79 Å². The fraction of sp³-hybridized carbons (Fsp3) is 0.111. The van der Waals surface area contributed by atoms with Crippen molar-refractivity contribution in [1.29, 1.82) is 5.26 Å². The van der Waals surface area contributed by atoms with E-state index in [1.807, 2.05) is 43.3 Å². The van der Waals surface area contributed by atoms with Crippen LogP contribution < -0.4 is 10.6 Å². The van der Waals surface area contributed by atoms with E-state index in [9.17, 15) is 10.1 Å². The van der Waals surface area contributed by atoms with Crippen LogP contribution in [0, 0.1) is 11.3 Å². The van der Waals surface area contributed by atoms with Gasteiger partial charge in [-0.2, -0.15) is 5.26 Å². The number of hydrogen-bond donors (Lipinski definition) is 2. The number of benzene rings is 2. The van der Waals surface area contributed by atoms with Gasteiger partial charge in [0, 0.05) is 17.9 Å². The summed E-state index contributed by atoms with van der Waals surface area (Å²) in [6.07, 6.45) is 1.41. The second-order valence-electron chi connectivity index (χ2n) is 5.05. The van der Waals surface area contributed by atoms with Crippen LogP contribution in [0.1, 0.15) is 18.5 Å². The zero-order valence-electron chi connectivity index (χ0n) is 12.9. The molecule has 2 aromatic carbocycles. The summed E-state index contributed by atoms with van der Waals surface area (Å²) in [5.74, 6) is -0.524. The van der Waals surface area contributed by atoms with E-state index in [2.05, 4.69) is 10.6 Å². The second kappa shape index (κ2) is 8.39. The van der Waals surface area contributed by atoms with E-state index in [0.717, 1.165) is 5.56 Å². The zero-order valence-corrected chi connectivity index (χ0v) is 14.4. The first-order chi connectivity index (χ1) is 11.5. The molecule has 2 aromatic rings. The van der Waals surface area contributed by atoms with Gasteiger partial charge in [-0.25, -0.2) is 0 Å². The Kier molecular flexibility index (Phi) is 6.25. The Morgan fingerprint density at radius 3 is 2.50 bits per heavy atom. The smallest absolute Gasteiger partial charge is 0.267 e. The van der Waals surface area contributed by atoms with Crippen molar-refractivity contribution in [3.63, 3.8) is 0 Å². The van der Waals surface area contributed by atoms with Gasteiger partial charge < -0.3 is 10.6 Å². The van der Waals surface area contributed by atoms with E-state index >= 15 is 0 Å². The zero-order chi connectivity index (χ0) is 17.5. The Hall–Kier alpha value is -2.48. The maximum Gasteiger partial charge on any atom is 0.267 e. The molecule has 0 radical (unpaired) electrons. The lowest BCUT2D eigenvalue weighted by Crippen LogP contribution is -2.18. The quantitative estimate of drug-likeness (QED) is 0.601. The minimum Gasteiger partial charge on any atom is -0.383 e. The fourth-order valence-corrected chi connectivity index (χ4v) is 2.27. The van der Waals surface area contributed by atoms with Gasteiger partial charge in [-0.05, 0) is 30.7 Å². The number of amides is 1. The first-order valence-corrected chi connectivity index (χ1v) is 7.94. The summed E-state index contributed by atoms with van der Waals surface area (Å²) in [6.45, 7) is 1.94. The third-order valence-electron chi connectivity index (χ3n) is 3.32. The fourth-order valence-electron chi connectivity index (χ4n) is 1.97. The molecular weight excluding hydrogens is 345 g/mol. The number of halogens is 2. The third kappa shape index (κ3) is 4.76. The van der Waals surface area contributed by atoms with Crippen LogP contribution in [0.25, 0.3) is 0 Å². The molecule has 0 bridgehead atoms. The monoisotopic (exact) mass is 359 g/mol. The SMILES string of the molecule is CC(N/C=C(/C#N)C(=O)Nc1ccc(Cl)c(Cl)c1)c1ccccc1. The largest absolute Gasteiger partial charge is 0.383 e. The van der Waals surface area contributed by atoms with Gasteiger partial charge in [0.1, 0.15) is 11.6 Å². The van der Waals surface area contributed by atoms with Crippen molar-refractivity contribution < 1.29 is 4.79 Å². The number of hydrogen-bond acceptors (Lipinski definition) is 3. The van der Waals surface area contributed by atoms with E-state index < -0.39 is 5.91 Å². The van der Waals surface area contributed by atoms with Crippen LogP contribution in [0.2, 0.25) is 10.0 Å². The van der Waals surface area contributed by atoms with Gasteiger partial charge in [0.15, 0.2) is 0 Å². The number of carbonyl (C=O) groups is 1. The summed E-state index contributed by atoms with van der Waals surface area (Å²) < 4.78 is 0. The molecule has 2 rings (SSSR count). The number of nitrogens with zero attached hydrogens (tertiary/aromatic N) is 1. The summed E-state index contributed by atoms with van der Waals surface area (Å²) in [4.78, 5) is 12.2. The Labute approximate surface area is 150 Å². The van der Waals surface area contributed by atoms with E-state index in [4.69, 9.17) is 23.2 Å². The number of nitriles is 1. The van der Waals surface area contributed by atoms with Crippen LogP contribution in [0.5, 0.6) is 0 Å². The van der Waals surface area contributed by atoms with Gasteiger partial charge in [-0.1, -0.05) is 53.5 Å². The molecule has 1 unspecified atom stereocenters. The number of rotatable bonds is 5. The van der Waals surface area contributed by atoms with Crippen molar-refractivity contribution in [2.45, 2.75) is 13.0 Å². The highest BCUT2D eigenvalue weighted by Crippen LogP contribution is 2.25. The maximum absolute atomic E-state index is 12.2. The average molecular weight is 360 g/mol. The van der Waals surface area contributed by atoms with Crippen molar-refractivity contribution in [3.05, 3.63) is 75.9 Å². The molecule has 0 saturated heterocycles. The highest BCUT2D eigenvalue weighted by atomic mass is 35.5. The van der Waals surface area contributed by atoms with Crippen molar-refractivity contribution in [2.75, 3.05) is 5.32 Å². The Morgan fingerprint density at radius 1 is 1.17 bits per heavy atom. The molecular formula is C18H15Cl2N3O. The number of nitrogens with one attached hydrogen (secondary N) is 2. The van der Waals surface area contributed by atoms with Crippen molar-refractivity contribution >= 4 is 34.8 Å². The van der Waals surface area contributed by atoms with E-state index in [0.29, 0.717) is 15.7 Å². The Balaban J connectivity index is 2.05. The van der Waals surface area contributed by atoms with Gasteiger partial charge in [0.2, 0.25) is 0 Å². The Morgan fingerprint density at radius 2 is 1.88 bits per heavy atom. The molecule has 24 heavy (non-hydrogen) atoms. The summed E-state index contributed by atoms with van der Waals surface area (Å²) in [5.41, 5.74) is 1.48. The molecule has 0 spiro atoms. The molecule has 0 aliphatic carbocycles. The molecule has 0 fully saturated rings. The van der Waals surface area contributed by atoms with Gasteiger partial charge in [0.05, 0.1) is 10.0 Å². The summed E-state index contributed by atoms with van der Waals surface area (Å²) in [5, 5.41) is 15.6. The summed E-state index contributed by atoms with van der Waals surface area (Å²) in [6, 6.07) is 16.3. The molecule has 0 saturated carbocycles. The summed E-state index contributed by atoms with van der Waals surface area (Å²) >= 11 is 11.7. The standard InChI is InChI=1S/C18H15Cl2N3O/c1-12(13-5-3-2-4-6-13)22-11-14(10-21)18(24)23-15-7-8-16(19)17(20)9-15/h2-9,11-12,22H,1H3,(H,23,24)/b14-11-. The topological polar surface area (TPSA) is 64.9 Å². The third-order valence-corrected chi connectivity index (χ3v) is 4.06. The minimum absolute atomic E-state index is 0.0349. The average Bonchev–Trinajstić information content (AvgIpc) is 2.59. The van der Waals surface area contributed by atoms with Crippen LogP contribution in [0.15, 0.2) is 60.3 Å². The molecule has 0 aromatic heterocycles. The lowest BCUT2D eigenvalue weighted by molar-refractivity contribution is -0.112. The van der Waals surface area contributed by atoms with Crippen LogP contribution >= 0.6 is 23.2 Å². The highest BCUT2D eigenvalue weighted by Gasteiger charge is 2.11. The van der Waals surface area contributed by atoms with E-state index in [-0.39, 0.29) is 11.6 Å². The van der Waals surface area contributed by atoms with Crippen molar-refractivity contribution in [3.8, 4) is 6.07 Å². The van der Waals surface area contributed by atoms with Gasteiger partial charge in [-0.15, -0.1) is 0 Å². The maximum atomic E-state index is 12.2. The van der Waals surface area contributed by atoms with Crippen LogP contribution in [-0.2, 0) is 4.79 Å². The second-order valence-corrected chi connectivity index (χ2v) is 5.87. The predicted octanol–water partition coefficient (Wildman–Crippen LogP) is 4.69. The number of carbonyl (C=O) groups excluding carboxylic acids is 1. The molecule has 122 valence electrons. The highest BCUT2D eigenvalue weighted by molar-refractivity contribution is 6.42. The van der Waals surface area contributed by atoms with E-state index in [1.54, 1.807) is 12.1 Å². The molecule has 0 heterocycles. The van der Waals surface area contributed by atoms with Gasteiger partial charge in [0.25, 0.3) is 5.91 Å². The molecule has 0 aliphatic rings. The molecule has 6 heteroatoms. The molecule has 0 aliphatic heterocycles. The lowest BCUT2D eigenvalue weighted by atomic mass is 10.1. The van der Waals surface area contributed by atoms with Crippen molar-refractivity contribution in [1.82, 2.24) is 5.32 Å². The predicted molar refractivity (Wildman–Crippen MR) is 96.8 cm³/mol. The van der Waals surface area contributed by atoms with Crippen molar-refractivity contribution in [2.24, 2.45) is 0 Å². The van der Waals surface area contributed by atoms with Crippen LogP contribution in [0.4, 0.5) is 5.69 Å². The molecule has 2 N–H and O–H groups in total. The number of anilines is 1.